The van der Waals surface area contributed by atoms with Crippen LogP contribution >= 0.6 is 0 Å². The number of aromatic nitrogens is 2. The smallest absolute Gasteiger partial charge is 0.237 e. The van der Waals surface area contributed by atoms with Gasteiger partial charge in [0, 0.05) is 5.39 Å². The molecule has 0 bridgehead atoms. The minimum atomic E-state index is -0.485. The van der Waals surface area contributed by atoms with Gasteiger partial charge in [0.15, 0.2) is 11.5 Å². The molecule has 2 aliphatic rings. The third kappa shape index (κ3) is 5.14. The number of fused-ring (bicyclic) bond motifs is 2. The highest BCUT2D eigenvalue weighted by atomic mass is 19.1. The predicted molar refractivity (Wildman–Crippen MR) is 145 cm³/mol. The summed E-state index contributed by atoms with van der Waals surface area (Å²) in [5.74, 6) is 1.71. The summed E-state index contributed by atoms with van der Waals surface area (Å²) >= 11 is 0. The fourth-order valence-electron chi connectivity index (χ4n) is 5.35. The number of likely N-dealkylation sites (tertiary alicyclic amines) is 1. The largest absolute Gasteiger partial charge is 0.486 e. The maximum atomic E-state index is 13.4. The maximum absolute atomic E-state index is 13.4. The Labute approximate surface area is 226 Å². The minimum Gasteiger partial charge on any atom is -0.486 e. The molecule has 1 fully saturated rings. The summed E-state index contributed by atoms with van der Waals surface area (Å²) in [6.07, 6.45) is 3.13. The molecule has 8 nitrogen and oxygen atoms in total. The first-order valence-electron chi connectivity index (χ1n) is 13.3. The van der Waals surface area contributed by atoms with Gasteiger partial charge in [-0.05, 0) is 93.5 Å². The van der Waals surface area contributed by atoms with Crippen LogP contribution in [0, 0.1) is 5.82 Å². The molecule has 6 rings (SSSR count). The number of nitrogens with one attached hydrogen (secondary N) is 1. The number of nitrogens with zero attached hydrogens (tertiary/aromatic N) is 3. The summed E-state index contributed by atoms with van der Waals surface area (Å²) in [5, 5.41) is 8.56. The van der Waals surface area contributed by atoms with Crippen molar-refractivity contribution in [1.29, 1.82) is 0 Å². The van der Waals surface area contributed by atoms with E-state index in [1.54, 1.807) is 23.0 Å². The second kappa shape index (κ2) is 10.6. The van der Waals surface area contributed by atoms with Crippen LogP contribution in [0.5, 0.6) is 17.2 Å². The topological polar surface area (TPSA) is 77.9 Å². The van der Waals surface area contributed by atoms with Crippen molar-refractivity contribution in [3.63, 3.8) is 0 Å². The molecule has 202 valence electrons. The highest BCUT2D eigenvalue weighted by molar-refractivity contribution is 5.83. The van der Waals surface area contributed by atoms with Crippen LogP contribution in [0.15, 0.2) is 66.9 Å². The molecule has 0 unspecified atom stereocenters. The lowest BCUT2D eigenvalue weighted by Gasteiger charge is -2.29. The van der Waals surface area contributed by atoms with Gasteiger partial charge < -0.3 is 19.5 Å². The van der Waals surface area contributed by atoms with Crippen LogP contribution in [-0.4, -0.2) is 59.5 Å². The summed E-state index contributed by atoms with van der Waals surface area (Å²) in [6, 6.07) is 17.2. The van der Waals surface area contributed by atoms with Crippen LogP contribution in [0.25, 0.3) is 16.6 Å². The third-order valence-corrected chi connectivity index (χ3v) is 7.42. The van der Waals surface area contributed by atoms with E-state index < -0.39 is 6.10 Å². The molecule has 0 spiro atoms. The molecule has 3 heterocycles. The van der Waals surface area contributed by atoms with Crippen LogP contribution < -0.4 is 19.5 Å². The zero-order valence-corrected chi connectivity index (χ0v) is 22.0. The molecule has 1 amide bonds. The van der Waals surface area contributed by atoms with E-state index in [1.807, 2.05) is 50.4 Å². The fourth-order valence-corrected chi connectivity index (χ4v) is 5.35. The number of carbonyl (C=O) groups is 1. The van der Waals surface area contributed by atoms with E-state index in [2.05, 4.69) is 15.3 Å². The summed E-state index contributed by atoms with van der Waals surface area (Å²) in [6.45, 7) is 3.87. The minimum absolute atomic E-state index is 0.00432. The lowest BCUT2D eigenvalue weighted by atomic mass is 10.0. The van der Waals surface area contributed by atoms with Gasteiger partial charge in [0.2, 0.25) is 5.91 Å². The molecule has 1 N–H and O–H groups in total. The standard InChI is InChI=1S/C30H31FN4O4/c1-19(33-30(36)26-4-3-13-34(26)2)29(20-5-12-27-28(17-20)38-15-14-37-27)39-24-10-11-25-21(16-24)18-32-35(25)23-8-6-22(31)7-9-23/h5-12,16-19,26,29H,3-4,13-15H2,1-2H3,(H,33,36)/t19-,26-,29-/m0/s1. The second-order valence-corrected chi connectivity index (χ2v) is 10.1. The summed E-state index contributed by atoms with van der Waals surface area (Å²) in [5.41, 5.74) is 2.51. The Hall–Kier alpha value is -4.11. The number of likely N-dealkylation sites (N-methyl/N-ethyl adjacent to an activating group) is 1. The average Bonchev–Trinajstić information content (AvgIpc) is 3.57. The number of hydrogen-bond acceptors (Lipinski definition) is 6. The van der Waals surface area contributed by atoms with E-state index in [4.69, 9.17) is 14.2 Å². The van der Waals surface area contributed by atoms with Crippen molar-refractivity contribution in [3.8, 4) is 22.9 Å². The lowest BCUT2D eigenvalue weighted by Crippen LogP contribution is -2.47. The predicted octanol–water partition coefficient (Wildman–Crippen LogP) is 4.65. The number of carbonyl (C=O) groups excluding carboxylic acids is 1. The van der Waals surface area contributed by atoms with Gasteiger partial charge >= 0.3 is 0 Å². The molecule has 1 aromatic heterocycles. The van der Waals surface area contributed by atoms with Crippen LogP contribution in [0.1, 0.15) is 31.4 Å². The van der Waals surface area contributed by atoms with Gasteiger partial charge in [-0.15, -0.1) is 0 Å². The van der Waals surface area contributed by atoms with Crippen molar-refractivity contribution in [2.24, 2.45) is 0 Å². The molecule has 1 saturated heterocycles. The fraction of sp³-hybridized carbons (Fsp3) is 0.333. The van der Waals surface area contributed by atoms with Crippen LogP contribution in [-0.2, 0) is 4.79 Å². The van der Waals surface area contributed by atoms with E-state index in [9.17, 15) is 9.18 Å². The molecule has 9 heteroatoms. The first kappa shape index (κ1) is 25.2. The monoisotopic (exact) mass is 530 g/mol. The molecular weight excluding hydrogens is 499 g/mol. The molecule has 2 aliphatic heterocycles. The van der Waals surface area contributed by atoms with Gasteiger partial charge in [0.1, 0.15) is 30.9 Å². The van der Waals surface area contributed by atoms with Crippen LogP contribution in [0.4, 0.5) is 4.39 Å². The molecule has 3 atom stereocenters. The molecule has 0 aliphatic carbocycles. The maximum Gasteiger partial charge on any atom is 0.237 e. The SMILES string of the molecule is C[C@H](NC(=O)[C@@H]1CCCN1C)[C@H](Oc1ccc2c(cnn2-c2ccc(F)cc2)c1)c1ccc2c(c1)OCCO2. The van der Waals surface area contributed by atoms with Crippen LogP contribution in [0.3, 0.4) is 0 Å². The van der Waals surface area contributed by atoms with Crippen molar-refractivity contribution >= 4 is 16.8 Å². The summed E-state index contributed by atoms with van der Waals surface area (Å²) < 4.78 is 33.3. The third-order valence-electron chi connectivity index (χ3n) is 7.42. The van der Waals surface area contributed by atoms with Gasteiger partial charge in [-0.25, -0.2) is 9.07 Å². The van der Waals surface area contributed by atoms with Crippen molar-refractivity contribution in [2.45, 2.75) is 38.0 Å². The van der Waals surface area contributed by atoms with E-state index in [-0.39, 0.29) is 23.8 Å². The van der Waals surface area contributed by atoms with Gasteiger partial charge in [0.25, 0.3) is 0 Å². The van der Waals surface area contributed by atoms with Crippen molar-refractivity contribution in [2.75, 3.05) is 26.8 Å². The number of benzene rings is 3. The highest BCUT2D eigenvalue weighted by Gasteiger charge is 2.31. The van der Waals surface area contributed by atoms with Crippen LogP contribution in [0.2, 0.25) is 0 Å². The number of ether oxygens (including phenoxy) is 3. The highest BCUT2D eigenvalue weighted by Crippen LogP contribution is 2.36. The Morgan fingerprint density at radius 1 is 1.08 bits per heavy atom. The summed E-state index contributed by atoms with van der Waals surface area (Å²) in [7, 11) is 1.98. The normalized spacial score (nSPS) is 18.6. The van der Waals surface area contributed by atoms with E-state index in [0.717, 1.165) is 41.5 Å². The first-order valence-corrected chi connectivity index (χ1v) is 13.3. The molecule has 0 saturated carbocycles. The molecule has 3 aromatic carbocycles. The Bertz CT molecular complexity index is 1490. The lowest BCUT2D eigenvalue weighted by molar-refractivity contribution is -0.126. The Kier molecular flexibility index (Phi) is 6.83. The zero-order chi connectivity index (χ0) is 26.9. The van der Waals surface area contributed by atoms with E-state index >= 15 is 0 Å². The number of halogens is 1. The van der Waals surface area contributed by atoms with Gasteiger partial charge in [-0.1, -0.05) is 6.07 Å². The van der Waals surface area contributed by atoms with Gasteiger partial charge in [0.05, 0.1) is 29.5 Å². The van der Waals surface area contributed by atoms with E-state index in [0.29, 0.717) is 30.5 Å². The molecular formula is C30H31FN4O4. The van der Waals surface area contributed by atoms with Gasteiger partial charge in [-0.3, -0.25) is 9.69 Å². The average molecular weight is 531 g/mol. The molecule has 4 aromatic rings. The first-order chi connectivity index (χ1) is 19.0. The Morgan fingerprint density at radius 3 is 2.64 bits per heavy atom. The van der Waals surface area contributed by atoms with E-state index in [1.165, 1.54) is 12.1 Å². The van der Waals surface area contributed by atoms with Crippen molar-refractivity contribution in [1.82, 2.24) is 20.0 Å². The second-order valence-electron chi connectivity index (χ2n) is 10.1. The number of amides is 1. The van der Waals surface area contributed by atoms with Gasteiger partial charge in [-0.2, -0.15) is 5.10 Å². The Balaban J connectivity index is 1.29. The number of rotatable bonds is 7. The van der Waals surface area contributed by atoms with Crippen molar-refractivity contribution < 1.29 is 23.4 Å². The zero-order valence-electron chi connectivity index (χ0n) is 22.0. The van der Waals surface area contributed by atoms with Crippen molar-refractivity contribution in [3.05, 3.63) is 78.2 Å². The molecule has 0 radical (unpaired) electrons. The quantitative estimate of drug-likeness (QED) is 0.375. The Morgan fingerprint density at radius 2 is 1.87 bits per heavy atom. The summed E-state index contributed by atoms with van der Waals surface area (Å²) in [4.78, 5) is 15.2. The number of hydrogen-bond donors (Lipinski definition) is 1. The molecule has 39 heavy (non-hydrogen) atoms.